The molecule has 20 heavy (non-hydrogen) atoms. The summed E-state index contributed by atoms with van der Waals surface area (Å²) in [6.45, 7) is 7.99. The molecule has 0 saturated heterocycles. The van der Waals surface area contributed by atoms with Crippen LogP contribution in [0.4, 0.5) is 0 Å². The highest BCUT2D eigenvalue weighted by molar-refractivity contribution is 5.17. The van der Waals surface area contributed by atoms with Gasteiger partial charge >= 0.3 is 0 Å². The van der Waals surface area contributed by atoms with Gasteiger partial charge in [0.15, 0.2) is 0 Å². The molecule has 114 valence electrons. The Bertz CT molecular complexity index is 343. The number of ether oxygens (including phenoxy) is 2. The SMILES string of the molecule is CC(C)OCCOCC(O)CN[C@H](C)c1ccccc1. The lowest BCUT2D eigenvalue weighted by Crippen LogP contribution is -2.32. The summed E-state index contributed by atoms with van der Waals surface area (Å²) in [4.78, 5) is 0. The summed E-state index contributed by atoms with van der Waals surface area (Å²) in [5, 5.41) is 13.1. The van der Waals surface area contributed by atoms with Gasteiger partial charge in [0.2, 0.25) is 0 Å². The van der Waals surface area contributed by atoms with Crippen molar-refractivity contribution in [1.29, 1.82) is 0 Å². The third kappa shape index (κ3) is 7.60. The van der Waals surface area contributed by atoms with Crippen LogP contribution in [0, 0.1) is 0 Å². The minimum absolute atomic E-state index is 0.218. The lowest BCUT2D eigenvalue weighted by Gasteiger charge is -2.17. The fraction of sp³-hybridized carbons (Fsp3) is 0.625. The molecule has 2 atom stereocenters. The minimum Gasteiger partial charge on any atom is -0.389 e. The number of benzene rings is 1. The van der Waals surface area contributed by atoms with E-state index < -0.39 is 6.10 Å². The van der Waals surface area contributed by atoms with E-state index in [9.17, 15) is 5.11 Å². The zero-order valence-corrected chi connectivity index (χ0v) is 12.7. The highest BCUT2D eigenvalue weighted by Gasteiger charge is 2.08. The van der Waals surface area contributed by atoms with Crippen LogP contribution in [0.5, 0.6) is 0 Å². The summed E-state index contributed by atoms with van der Waals surface area (Å²) in [5.41, 5.74) is 1.21. The van der Waals surface area contributed by atoms with E-state index in [0.717, 1.165) is 0 Å². The summed E-state index contributed by atoms with van der Waals surface area (Å²) in [7, 11) is 0. The molecule has 0 fully saturated rings. The molecule has 1 aromatic carbocycles. The van der Waals surface area contributed by atoms with Gasteiger partial charge in [-0.3, -0.25) is 0 Å². The zero-order chi connectivity index (χ0) is 14.8. The first-order chi connectivity index (χ1) is 9.59. The summed E-state index contributed by atoms with van der Waals surface area (Å²) in [6.07, 6.45) is -0.280. The van der Waals surface area contributed by atoms with E-state index in [-0.39, 0.29) is 12.1 Å². The molecular weight excluding hydrogens is 254 g/mol. The Morgan fingerprint density at radius 3 is 2.45 bits per heavy atom. The Kier molecular flexibility index (Phi) is 8.46. The molecule has 0 radical (unpaired) electrons. The number of rotatable bonds is 10. The average molecular weight is 281 g/mol. The molecule has 0 aromatic heterocycles. The maximum absolute atomic E-state index is 9.83. The molecule has 0 saturated carbocycles. The van der Waals surface area contributed by atoms with Gasteiger partial charge in [-0.15, -0.1) is 0 Å². The van der Waals surface area contributed by atoms with Crippen molar-refractivity contribution in [2.45, 2.75) is 39.0 Å². The molecule has 0 aliphatic heterocycles. The maximum Gasteiger partial charge on any atom is 0.0897 e. The number of aliphatic hydroxyl groups is 1. The van der Waals surface area contributed by atoms with Crippen LogP contribution in [0.2, 0.25) is 0 Å². The highest BCUT2D eigenvalue weighted by atomic mass is 16.5. The number of hydrogen-bond donors (Lipinski definition) is 2. The predicted molar refractivity (Wildman–Crippen MR) is 80.8 cm³/mol. The van der Waals surface area contributed by atoms with Crippen molar-refractivity contribution in [2.24, 2.45) is 0 Å². The molecule has 1 aromatic rings. The summed E-state index contributed by atoms with van der Waals surface area (Å²) in [6, 6.07) is 10.4. The second kappa shape index (κ2) is 9.88. The van der Waals surface area contributed by atoms with Crippen molar-refractivity contribution in [2.75, 3.05) is 26.4 Å². The van der Waals surface area contributed by atoms with E-state index in [1.54, 1.807) is 0 Å². The molecule has 0 spiro atoms. The Morgan fingerprint density at radius 2 is 1.80 bits per heavy atom. The van der Waals surface area contributed by atoms with Crippen LogP contribution in [-0.4, -0.2) is 43.7 Å². The van der Waals surface area contributed by atoms with Gasteiger partial charge in [0.25, 0.3) is 0 Å². The topological polar surface area (TPSA) is 50.7 Å². The summed E-state index contributed by atoms with van der Waals surface area (Å²) >= 11 is 0. The third-order valence-corrected chi connectivity index (χ3v) is 2.95. The van der Waals surface area contributed by atoms with Crippen molar-refractivity contribution in [3.63, 3.8) is 0 Å². The van der Waals surface area contributed by atoms with Crippen molar-refractivity contribution >= 4 is 0 Å². The van der Waals surface area contributed by atoms with E-state index in [0.29, 0.717) is 26.4 Å². The molecule has 4 nitrogen and oxygen atoms in total. The molecule has 0 aliphatic carbocycles. The molecule has 1 rings (SSSR count). The Hall–Kier alpha value is -0.940. The standard InChI is InChI=1S/C16H27NO3/c1-13(2)20-10-9-19-12-16(18)11-17-14(3)15-7-5-4-6-8-15/h4-8,13-14,16-18H,9-12H2,1-3H3/t14-,16?/m1/s1. The first kappa shape index (κ1) is 17.1. The van der Waals surface area contributed by atoms with Gasteiger partial charge < -0.3 is 19.9 Å². The van der Waals surface area contributed by atoms with Crippen molar-refractivity contribution < 1.29 is 14.6 Å². The summed E-state index contributed by atoms with van der Waals surface area (Å²) in [5.74, 6) is 0. The first-order valence-electron chi connectivity index (χ1n) is 7.25. The van der Waals surface area contributed by atoms with E-state index >= 15 is 0 Å². The Balaban J connectivity index is 2.09. The second-order valence-corrected chi connectivity index (χ2v) is 5.19. The van der Waals surface area contributed by atoms with Crippen LogP contribution >= 0.6 is 0 Å². The molecular formula is C16H27NO3. The third-order valence-electron chi connectivity index (χ3n) is 2.95. The fourth-order valence-electron chi connectivity index (χ4n) is 1.79. The van der Waals surface area contributed by atoms with Gasteiger partial charge in [-0.2, -0.15) is 0 Å². The number of hydrogen-bond acceptors (Lipinski definition) is 4. The van der Waals surface area contributed by atoms with Crippen molar-refractivity contribution in [3.05, 3.63) is 35.9 Å². The average Bonchev–Trinajstić information content (AvgIpc) is 2.45. The largest absolute Gasteiger partial charge is 0.389 e. The lowest BCUT2D eigenvalue weighted by atomic mass is 10.1. The second-order valence-electron chi connectivity index (χ2n) is 5.19. The van der Waals surface area contributed by atoms with Crippen LogP contribution in [-0.2, 0) is 9.47 Å². The quantitative estimate of drug-likeness (QED) is 0.645. The molecule has 4 heteroatoms. The normalized spacial score (nSPS) is 14.4. The van der Waals surface area contributed by atoms with Gasteiger partial charge in [0.1, 0.15) is 0 Å². The first-order valence-corrected chi connectivity index (χ1v) is 7.25. The number of aliphatic hydroxyl groups excluding tert-OH is 1. The van der Waals surface area contributed by atoms with E-state index in [2.05, 4.69) is 24.4 Å². The van der Waals surface area contributed by atoms with Gasteiger partial charge in [-0.05, 0) is 26.3 Å². The van der Waals surface area contributed by atoms with E-state index in [1.807, 2.05) is 32.0 Å². The van der Waals surface area contributed by atoms with Crippen molar-refractivity contribution in [3.8, 4) is 0 Å². The van der Waals surface area contributed by atoms with E-state index in [1.165, 1.54) is 5.56 Å². The van der Waals surface area contributed by atoms with Crippen LogP contribution in [0.3, 0.4) is 0 Å². The van der Waals surface area contributed by atoms with Gasteiger partial charge in [0.05, 0.1) is 32.0 Å². The molecule has 1 unspecified atom stereocenters. The fourth-order valence-corrected chi connectivity index (χ4v) is 1.79. The monoisotopic (exact) mass is 281 g/mol. The van der Waals surface area contributed by atoms with Crippen molar-refractivity contribution in [1.82, 2.24) is 5.32 Å². The van der Waals surface area contributed by atoms with Gasteiger partial charge in [-0.25, -0.2) is 0 Å². The zero-order valence-electron chi connectivity index (χ0n) is 12.7. The Labute approximate surface area is 122 Å². The molecule has 0 bridgehead atoms. The molecule has 2 N–H and O–H groups in total. The smallest absolute Gasteiger partial charge is 0.0897 e. The maximum atomic E-state index is 9.83. The lowest BCUT2D eigenvalue weighted by molar-refractivity contribution is -0.0104. The van der Waals surface area contributed by atoms with Crippen LogP contribution in [0.25, 0.3) is 0 Å². The van der Waals surface area contributed by atoms with Crippen LogP contribution in [0.15, 0.2) is 30.3 Å². The van der Waals surface area contributed by atoms with Gasteiger partial charge in [0, 0.05) is 12.6 Å². The molecule has 0 heterocycles. The minimum atomic E-state index is -0.500. The molecule has 0 amide bonds. The van der Waals surface area contributed by atoms with E-state index in [4.69, 9.17) is 9.47 Å². The van der Waals surface area contributed by atoms with Gasteiger partial charge in [-0.1, -0.05) is 30.3 Å². The molecule has 0 aliphatic rings. The van der Waals surface area contributed by atoms with Crippen LogP contribution < -0.4 is 5.32 Å². The Morgan fingerprint density at radius 1 is 1.10 bits per heavy atom. The number of nitrogens with one attached hydrogen (secondary N) is 1. The summed E-state index contributed by atoms with van der Waals surface area (Å²) < 4.78 is 10.7. The predicted octanol–water partition coefficient (Wildman–Crippen LogP) is 2.14. The highest BCUT2D eigenvalue weighted by Crippen LogP contribution is 2.10. The van der Waals surface area contributed by atoms with Crippen LogP contribution in [0.1, 0.15) is 32.4 Å².